The summed E-state index contributed by atoms with van der Waals surface area (Å²) in [6.07, 6.45) is 1.51. The van der Waals surface area contributed by atoms with Crippen molar-refractivity contribution < 1.29 is 0 Å². The monoisotopic (exact) mass is 408 g/mol. The van der Waals surface area contributed by atoms with Crippen molar-refractivity contribution in [2.75, 3.05) is 0 Å². The molecule has 0 radical (unpaired) electrons. The molecule has 0 N–H and O–H groups in total. The van der Waals surface area contributed by atoms with Gasteiger partial charge in [-0.05, 0) is 27.6 Å². The van der Waals surface area contributed by atoms with Crippen molar-refractivity contribution >= 4 is 38.7 Å². The molecule has 2 aromatic heterocycles. The Kier molecular flexibility index (Phi) is 4.47. The van der Waals surface area contributed by atoms with Gasteiger partial charge in [-0.25, -0.2) is 9.78 Å². The Bertz CT molecular complexity index is 1060. The van der Waals surface area contributed by atoms with E-state index in [1.807, 2.05) is 18.2 Å². The third-order valence-corrected chi connectivity index (χ3v) is 4.76. The quantitative estimate of drug-likeness (QED) is 0.491. The molecule has 0 saturated heterocycles. The summed E-state index contributed by atoms with van der Waals surface area (Å²) in [6, 6.07) is 7.38. The minimum Gasteiger partial charge on any atom is -0.308 e. The fraction of sp³-hybridized carbons (Fsp3) is 0.188. The van der Waals surface area contributed by atoms with E-state index in [1.54, 1.807) is 17.7 Å². The summed E-state index contributed by atoms with van der Waals surface area (Å²) in [5, 5.41) is 0.600. The topological polar surface area (TPSA) is 61.8 Å². The van der Waals surface area contributed by atoms with Crippen LogP contribution in [0.1, 0.15) is 5.56 Å². The van der Waals surface area contributed by atoms with Crippen molar-refractivity contribution in [3.05, 3.63) is 73.1 Å². The van der Waals surface area contributed by atoms with E-state index in [4.69, 9.17) is 11.6 Å². The molecule has 0 fully saturated rings. The lowest BCUT2D eigenvalue weighted by atomic mass is 10.2. The molecule has 0 amide bonds. The number of aromatic nitrogens is 4. The van der Waals surface area contributed by atoms with Gasteiger partial charge in [-0.3, -0.25) is 13.9 Å². The zero-order chi connectivity index (χ0) is 17.4. The van der Waals surface area contributed by atoms with E-state index in [0.717, 1.165) is 10.1 Å². The molecule has 8 heteroatoms. The second-order valence-electron chi connectivity index (χ2n) is 5.28. The van der Waals surface area contributed by atoms with Crippen LogP contribution in [0.15, 0.2) is 51.2 Å². The van der Waals surface area contributed by atoms with Gasteiger partial charge >= 0.3 is 5.69 Å². The first kappa shape index (κ1) is 16.7. The molecule has 0 aliphatic carbocycles. The van der Waals surface area contributed by atoms with Crippen LogP contribution in [-0.2, 0) is 20.1 Å². The van der Waals surface area contributed by atoms with Crippen LogP contribution in [0.5, 0.6) is 0 Å². The van der Waals surface area contributed by atoms with Crippen LogP contribution >= 0.6 is 27.5 Å². The highest BCUT2D eigenvalue weighted by molar-refractivity contribution is 9.10. The molecule has 2 heterocycles. The highest BCUT2D eigenvalue weighted by atomic mass is 79.9. The van der Waals surface area contributed by atoms with E-state index < -0.39 is 11.2 Å². The molecule has 0 atom stereocenters. The summed E-state index contributed by atoms with van der Waals surface area (Å²) >= 11 is 9.59. The molecule has 0 unspecified atom stereocenters. The van der Waals surface area contributed by atoms with E-state index in [9.17, 15) is 9.59 Å². The van der Waals surface area contributed by atoms with Crippen molar-refractivity contribution in [1.82, 2.24) is 18.7 Å². The van der Waals surface area contributed by atoms with Crippen LogP contribution in [0.3, 0.4) is 0 Å². The number of hydrogen-bond donors (Lipinski definition) is 0. The molecule has 0 aliphatic heterocycles. The lowest BCUT2D eigenvalue weighted by molar-refractivity contribution is 0.663. The first-order valence-corrected chi connectivity index (χ1v) is 8.32. The molecule has 24 heavy (non-hydrogen) atoms. The number of fused-ring (bicyclic) bond motifs is 1. The van der Waals surface area contributed by atoms with Crippen molar-refractivity contribution in [3.8, 4) is 0 Å². The molecule has 0 spiro atoms. The Labute approximate surface area is 150 Å². The highest BCUT2D eigenvalue weighted by Crippen LogP contribution is 2.22. The number of allylic oxidation sites excluding steroid dienone is 1. The zero-order valence-corrected chi connectivity index (χ0v) is 15.2. The maximum atomic E-state index is 12.8. The smallest absolute Gasteiger partial charge is 0.308 e. The van der Waals surface area contributed by atoms with Gasteiger partial charge in [-0.2, -0.15) is 0 Å². The van der Waals surface area contributed by atoms with Gasteiger partial charge in [-0.15, -0.1) is 6.58 Å². The highest BCUT2D eigenvalue weighted by Gasteiger charge is 2.19. The first-order chi connectivity index (χ1) is 11.5. The molecule has 0 bridgehead atoms. The maximum absolute atomic E-state index is 12.8. The van der Waals surface area contributed by atoms with E-state index >= 15 is 0 Å². The van der Waals surface area contributed by atoms with Crippen LogP contribution < -0.4 is 11.2 Å². The number of benzene rings is 1. The fourth-order valence-corrected chi connectivity index (χ4v) is 3.24. The van der Waals surface area contributed by atoms with E-state index in [1.165, 1.54) is 10.6 Å². The summed E-state index contributed by atoms with van der Waals surface area (Å²) in [7, 11) is 1.59. The molecule has 124 valence electrons. The molecular weight excluding hydrogens is 396 g/mol. The number of aryl methyl sites for hydroxylation is 1. The molecule has 3 aromatic rings. The number of hydrogen-bond acceptors (Lipinski definition) is 3. The lowest BCUT2D eigenvalue weighted by Gasteiger charge is -2.10. The Hall–Kier alpha value is -2.12. The van der Waals surface area contributed by atoms with E-state index in [0.29, 0.717) is 27.5 Å². The Morgan fingerprint density at radius 1 is 1.29 bits per heavy atom. The van der Waals surface area contributed by atoms with Gasteiger partial charge in [0.05, 0.1) is 6.54 Å². The summed E-state index contributed by atoms with van der Waals surface area (Å²) < 4.78 is 4.65. The number of nitrogens with zero attached hydrogens (tertiary/aromatic N) is 4. The molecule has 0 saturated carbocycles. The van der Waals surface area contributed by atoms with Crippen molar-refractivity contribution in [1.29, 1.82) is 0 Å². The third kappa shape index (κ3) is 2.63. The van der Waals surface area contributed by atoms with Gasteiger partial charge in [0.15, 0.2) is 15.9 Å². The summed E-state index contributed by atoms with van der Waals surface area (Å²) in [5.41, 5.74) is 0.679. The Morgan fingerprint density at radius 2 is 2.00 bits per heavy atom. The standard InChI is InChI=1S/C16H14BrClN4O2/c1-3-8-21-14(23)12-13(20(2)16(21)24)19-15(17)22(12)9-10-6-4-5-7-11(10)18/h3-7H,1,8-9H2,2H3. The first-order valence-electron chi connectivity index (χ1n) is 7.15. The maximum Gasteiger partial charge on any atom is 0.332 e. The Balaban J connectivity index is 2.31. The minimum atomic E-state index is -0.428. The van der Waals surface area contributed by atoms with Gasteiger partial charge in [0.1, 0.15) is 0 Å². The van der Waals surface area contributed by atoms with Gasteiger partial charge in [0.2, 0.25) is 0 Å². The third-order valence-electron chi connectivity index (χ3n) is 3.78. The second kappa shape index (κ2) is 6.41. The van der Waals surface area contributed by atoms with Crippen LogP contribution in [0.2, 0.25) is 5.02 Å². The number of halogens is 2. The number of rotatable bonds is 4. The molecule has 0 aliphatic rings. The second-order valence-corrected chi connectivity index (χ2v) is 6.39. The predicted octanol–water partition coefficient (Wildman–Crippen LogP) is 2.55. The van der Waals surface area contributed by atoms with Gasteiger partial charge in [0, 0.05) is 18.6 Å². The van der Waals surface area contributed by atoms with E-state index in [-0.39, 0.29) is 6.54 Å². The molecule has 6 nitrogen and oxygen atoms in total. The normalized spacial score (nSPS) is 11.1. The summed E-state index contributed by atoms with van der Waals surface area (Å²) in [6.45, 7) is 4.09. The molecular formula is C16H14BrClN4O2. The number of imidazole rings is 1. The summed E-state index contributed by atoms with van der Waals surface area (Å²) in [4.78, 5) is 29.4. The average Bonchev–Trinajstić information content (AvgIpc) is 2.89. The fourth-order valence-electron chi connectivity index (χ4n) is 2.58. The van der Waals surface area contributed by atoms with Crippen molar-refractivity contribution in [3.63, 3.8) is 0 Å². The van der Waals surface area contributed by atoms with Gasteiger partial charge in [-0.1, -0.05) is 35.9 Å². The van der Waals surface area contributed by atoms with Crippen molar-refractivity contribution in [2.24, 2.45) is 7.05 Å². The van der Waals surface area contributed by atoms with E-state index in [2.05, 4.69) is 27.5 Å². The molecule has 3 rings (SSSR count). The van der Waals surface area contributed by atoms with Gasteiger partial charge in [0.25, 0.3) is 5.56 Å². The van der Waals surface area contributed by atoms with Crippen LogP contribution in [0.25, 0.3) is 11.2 Å². The largest absolute Gasteiger partial charge is 0.332 e. The SMILES string of the molecule is C=CCn1c(=O)c2c(nc(Br)n2Cc2ccccc2Cl)n(C)c1=O. The van der Waals surface area contributed by atoms with Crippen LogP contribution in [0, 0.1) is 0 Å². The van der Waals surface area contributed by atoms with Crippen LogP contribution in [-0.4, -0.2) is 18.7 Å². The predicted molar refractivity (Wildman–Crippen MR) is 97.7 cm³/mol. The Morgan fingerprint density at radius 3 is 2.67 bits per heavy atom. The zero-order valence-electron chi connectivity index (χ0n) is 12.9. The molecule has 1 aromatic carbocycles. The van der Waals surface area contributed by atoms with Crippen LogP contribution in [0.4, 0.5) is 0 Å². The van der Waals surface area contributed by atoms with Gasteiger partial charge < -0.3 is 4.57 Å². The summed E-state index contributed by atoms with van der Waals surface area (Å²) in [5.74, 6) is 0. The van der Waals surface area contributed by atoms with Crippen molar-refractivity contribution in [2.45, 2.75) is 13.1 Å². The lowest BCUT2D eigenvalue weighted by Crippen LogP contribution is -2.39. The minimum absolute atomic E-state index is 0.135. The average molecular weight is 410 g/mol.